The van der Waals surface area contributed by atoms with Crippen LogP contribution in [0.2, 0.25) is 0 Å². The first-order chi connectivity index (χ1) is 11.9. The molecular formula is C17H16F3N3OS. The Morgan fingerprint density at radius 1 is 1.20 bits per heavy atom. The summed E-state index contributed by atoms with van der Waals surface area (Å²) >= 11 is 1.29. The lowest BCUT2D eigenvalue weighted by atomic mass is 10.1. The molecule has 2 aromatic rings. The van der Waals surface area contributed by atoms with E-state index >= 15 is 0 Å². The van der Waals surface area contributed by atoms with Gasteiger partial charge in [-0.1, -0.05) is 42.1 Å². The van der Waals surface area contributed by atoms with Crippen LogP contribution in [0.1, 0.15) is 16.7 Å². The van der Waals surface area contributed by atoms with Crippen LogP contribution >= 0.6 is 11.8 Å². The molecule has 2 N–H and O–H groups in total. The normalized spacial score (nSPS) is 12.6. The number of alkyl halides is 3. The minimum Gasteiger partial charge on any atom is -0.497 e. The largest absolute Gasteiger partial charge is 0.497 e. The molecule has 25 heavy (non-hydrogen) atoms. The van der Waals surface area contributed by atoms with Gasteiger partial charge in [-0.05, 0) is 29.3 Å². The van der Waals surface area contributed by atoms with Crippen molar-refractivity contribution in [2.45, 2.75) is 11.9 Å². The fourth-order valence-corrected chi connectivity index (χ4v) is 2.50. The van der Waals surface area contributed by atoms with E-state index in [2.05, 4.69) is 10.2 Å². The van der Waals surface area contributed by atoms with E-state index in [0.717, 1.165) is 17.7 Å². The fourth-order valence-electron chi connectivity index (χ4n) is 1.89. The van der Waals surface area contributed by atoms with Gasteiger partial charge in [0.25, 0.3) is 0 Å². The molecule has 132 valence electrons. The van der Waals surface area contributed by atoms with E-state index in [1.807, 2.05) is 30.3 Å². The average Bonchev–Trinajstić information content (AvgIpc) is 2.60. The number of nitrogens with zero attached hydrogens (tertiary/aromatic N) is 2. The number of benzene rings is 2. The number of rotatable bonds is 5. The monoisotopic (exact) mass is 367 g/mol. The summed E-state index contributed by atoms with van der Waals surface area (Å²) < 4.78 is 43.4. The maximum Gasteiger partial charge on any atom is 0.416 e. The molecule has 4 nitrogen and oxygen atoms in total. The van der Waals surface area contributed by atoms with Crippen molar-refractivity contribution in [3.8, 4) is 5.75 Å². The smallest absolute Gasteiger partial charge is 0.416 e. The molecule has 0 radical (unpaired) electrons. The molecule has 0 unspecified atom stereocenters. The molecule has 0 aliphatic heterocycles. The van der Waals surface area contributed by atoms with E-state index in [0.29, 0.717) is 5.75 Å². The molecular weight excluding hydrogens is 351 g/mol. The number of thioether (sulfide) groups is 1. The van der Waals surface area contributed by atoms with Gasteiger partial charge >= 0.3 is 6.18 Å². The van der Waals surface area contributed by atoms with Gasteiger partial charge in [-0.3, -0.25) is 0 Å². The molecule has 0 aromatic heterocycles. The van der Waals surface area contributed by atoms with Crippen LogP contribution in [0.5, 0.6) is 5.75 Å². The fraction of sp³-hybridized carbons (Fsp3) is 0.176. The summed E-state index contributed by atoms with van der Waals surface area (Å²) in [6.07, 6.45) is -3.27. The van der Waals surface area contributed by atoms with Gasteiger partial charge in [0.05, 0.1) is 18.9 Å². The van der Waals surface area contributed by atoms with Crippen LogP contribution in [-0.2, 0) is 11.9 Å². The number of methoxy groups -OCH3 is 1. The Labute approximate surface area is 147 Å². The summed E-state index contributed by atoms with van der Waals surface area (Å²) in [6, 6.07) is 13.0. The van der Waals surface area contributed by atoms with Crippen molar-refractivity contribution in [3.63, 3.8) is 0 Å². The minimum absolute atomic E-state index is 0.0895. The molecule has 0 saturated carbocycles. The zero-order chi connectivity index (χ0) is 18.3. The molecule has 2 aromatic carbocycles. The standard InChI is InChI=1S/C17H16F3N3OS/c1-24-15-8-13(7-14(9-15)17(18,19)20)10-22-23-16(21)25-11-12-5-3-2-4-6-12/h2-10H,11H2,1H3,(H2,21,23). The van der Waals surface area contributed by atoms with E-state index < -0.39 is 11.7 Å². The van der Waals surface area contributed by atoms with Gasteiger partial charge in [-0.15, -0.1) is 5.10 Å². The van der Waals surface area contributed by atoms with Crippen molar-refractivity contribution in [3.05, 3.63) is 65.2 Å². The summed E-state index contributed by atoms with van der Waals surface area (Å²) in [6.45, 7) is 0. The maximum atomic E-state index is 12.8. The van der Waals surface area contributed by atoms with E-state index in [1.165, 1.54) is 31.2 Å². The van der Waals surface area contributed by atoms with Crippen LogP contribution in [-0.4, -0.2) is 18.5 Å². The lowest BCUT2D eigenvalue weighted by Crippen LogP contribution is -2.07. The van der Waals surface area contributed by atoms with Gasteiger partial charge in [0.2, 0.25) is 0 Å². The Balaban J connectivity index is 2.05. The third kappa shape index (κ3) is 6.15. The maximum absolute atomic E-state index is 12.8. The van der Waals surface area contributed by atoms with Gasteiger partial charge in [-0.25, -0.2) is 0 Å². The van der Waals surface area contributed by atoms with Crippen molar-refractivity contribution < 1.29 is 17.9 Å². The molecule has 0 heterocycles. The molecule has 2 rings (SSSR count). The van der Waals surface area contributed by atoms with Gasteiger partial charge in [0, 0.05) is 5.75 Å². The first kappa shape index (κ1) is 18.9. The van der Waals surface area contributed by atoms with Crippen LogP contribution in [0.4, 0.5) is 13.2 Å². The Hall–Kier alpha value is -2.48. The first-order valence-corrected chi connectivity index (χ1v) is 8.16. The number of hydrogen-bond acceptors (Lipinski definition) is 4. The zero-order valence-electron chi connectivity index (χ0n) is 13.3. The van der Waals surface area contributed by atoms with Crippen LogP contribution < -0.4 is 10.5 Å². The van der Waals surface area contributed by atoms with Gasteiger partial charge < -0.3 is 10.5 Å². The Bertz CT molecular complexity index is 761. The number of nitrogens with two attached hydrogens (primary N) is 1. The SMILES string of the molecule is COc1cc(C=NN=C(N)SCc2ccccc2)cc(C(F)(F)F)c1. The third-order valence-electron chi connectivity index (χ3n) is 3.08. The number of halogens is 3. The van der Waals surface area contributed by atoms with E-state index in [1.54, 1.807) is 0 Å². The molecule has 8 heteroatoms. The van der Waals surface area contributed by atoms with Gasteiger partial charge in [-0.2, -0.15) is 18.3 Å². The van der Waals surface area contributed by atoms with Crippen molar-refractivity contribution in [2.24, 2.45) is 15.9 Å². The molecule has 0 saturated heterocycles. The van der Waals surface area contributed by atoms with E-state index in [-0.39, 0.29) is 16.5 Å². The predicted octanol–water partition coefficient (Wildman–Crippen LogP) is 4.30. The number of hydrogen-bond donors (Lipinski definition) is 1. The Morgan fingerprint density at radius 2 is 1.92 bits per heavy atom. The Kier molecular flexibility index (Phi) is 6.46. The van der Waals surface area contributed by atoms with Crippen molar-refractivity contribution >= 4 is 23.1 Å². The van der Waals surface area contributed by atoms with Gasteiger partial charge in [0.1, 0.15) is 5.75 Å². The minimum atomic E-state index is -4.47. The lowest BCUT2D eigenvalue weighted by molar-refractivity contribution is -0.137. The summed E-state index contributed by atoms with van der Waals surface area (Å²) in [5.74, 6) is 0.718. The molecule has 0 aliphatic carbocycles. The van der Waals surface area contributed by atoms with Crippen LogP contribution in [0.25, 0.3) is 0 Å². The highest BCUT2D eigenvalue weighted by Gasteiger charge is 2.31. The molecule has 0 amide bonds. The van der Waals surface area contributed by atoms with Gasteiger partial charge in [0.15, 0.2) is 5.17 Å². The predicted molar refractivity (Wildman–Crippen MR) is 94.9 cm³/mol. The van der Waals surface area contributed by atoms with E-state index in [4.69, 9.17) is 10.5 Å². The first-order valence-electron chi connectivity index (χ1n) is 7.18. The topological polar surface area (TPSA) is 60.0 Å². The molecule has 0 fully saturated rings. The van der Waals surface area contributed by atoms with Crippen molar-refractivity contribution in [1.82, 2.24) is 0 Å². The summed E-state index contributed by atoms with van der Waals surface area (Å²) in [4.78, 5) is 0. The molecule has 0 aliphatic rings. The van der Waals surface area contributed by atoms with Crippen molar-refractivity contribution in [2.75, 3.05) is 7.11 Å². The second-order valence-corrected chi connectivity index (χ2v) is 5.95. The van der Waals surface area contributed by atoms with E-state index in [9.17, 15) is 13.2 Å². The highest BCUT2D eigenvalue weighted by atomic mass is 32.2. The van der Waals surface area contributed by atoms with Crippen LogP contribution in [0.3, 0.4) is 0 Å². The van der Waals surface area contributed by atoms with Crippen LogP contribution in [0.15, 0.2) is 58.7 Å². The lowest BCUT2D eigenvalue weighted by Gasteiger charge is -2.09. The quantitative estimate of drug-likeness (QED) is 0.487. The second kappa shape index (κ2) is 8.57. The highest BCUT2D eigenvalue weighted by Crippen LogP contribution is 2.32. The zero-order valence-corrected chi connectivity index (χ0v) is 14.1. The Morgan fingerprint density at radius 3 is 2.56 bits per heavy atom. The molecule has 0 bridgehead atoms. The van der Waals surface area contributed by atoms with Crippen molar-refractivity contribution in [1.29, 1.82) is 0 Å². The highest BCUT2D eigenvalue weighted by molar-refractivity contribution is 8.13. The summed E-state index contributed by atoms with van der Waals surface area (Å²) in [7, 11) is 1.30. The van der Waals surface area contributed by atoms with Crippen LogP contribution in [0, 0.1) is 0 Å². The molecule has 0 atom stereocenters. The number of amidine groups is 1. The second-order valence-electron chi connectivity index (χ2n) is 4.95. The molecule has 0 spiro atoms. The summed E-state index contributed by atoms with van der Waals surface area (Å²) in [5, 5.41) is 7.75. The number of ether oxygens (including phenoxy) is 1. The average molecular weight is 367 g/mol. The third-order valence-corrected chi connectivity index (χ3v) is 3.94. The summed E-state index contributed by atoms with van der Waals surface area (Å²) in [5.41, 5.74) is 6.22.